The molecule has 10 heteroatoms. The molecule has 6 rings (SSSR count). The number of nitrogen functional groups attached to an aromatic ring is 2. The summed E-state index contributed by atoms with van der Waals surface area (Å²) in [7, 11) is 0. The van der Waals surface area contributed by atoms with E-state index in [9.17, 15) is 0 Å². The van der Waals surface area contributed by atoms with Gasteiger partial charge in [0, 0.05) is 48.7 Å². The molecule has 2 atom stereocenters. The molecule has 0 saturated carbocycles. The Morgan fingerprint density at radius 3 is 1.40 bits per heavy atom. The lowest BCUT2D eigenvalue weighted by atomic mass is 10.2. The molecule has 2 aliphatic heterocycles. The Morgan fingerprint density at radius 1 is 0.595 bits per heavy atom. The molecule has 0 amide bonds. The first-order valence-corrected chi connectivity index (χ1v) is 14.9. The lowest BCUT2D eigenvalue weighted by molar-refractivity contribution is -0.698. The molecule has 0 bridgehead atoms. The van der Waals surface area contributed by atoms with Crippen LogP contribution in [0.4, 0.5) is 22.7 Å². The molecule has 2 fully saturated rings. The van der Waals surface area contributed by atoms with E-state index in [2.05, 4.69) is 89.8 Å². The number of hydrogen-bond acceptors (Lipinski definition) is 4. The smallest absolute Gasteiger partial charge is 0.244 e. The molecule has 2 aromatic carbocycles. The highest BCUT2D eigenvalue weighted by Gasteiger charge is 2.28. The highest BCUT2D eigenvalue weighted by atomic mass is 35.5. The van der Waals surface area contributed by atoms with E-state index in [0.717, 1.165) is 50.6 Å². The van der Waals surface area contributed by atoms with Crippen LogP contribution in [0.5, 0.6) is 0 Å². The van der Waals surface area contributed by atoms with E-state index in [0.29, 0.717) is 12.1 Å². The molecule has 0 radical (unpaired) electrons. The van der Waals surface area contributed by atoms with Gasteiger partial charge in [-0.2, -0.15) is 0 Å². The van der Waals surface area contributed by atoms with Crippen molar-refractivity contribution in [3.8, 4) is 0 Å². The van der Waals surface area contributed by atoms with E-state index in [1.165, 1.54) is 49.9 Å². The van der Waals surface area contributed by atoms with E-state index in [-0.39, 0.29) is 24.8 Å². The first kappa shape index (κ1) is 31.6. The number of nitrogens with zero attached hydrogens (tertiary/aromatic N) is 6. The second kappa shape index (κ2) is 14.7. The number of halogens is 2. The highest BCUT2D eigenvalue weighted by molar-refractivity contribution is 5.54. The summed E-state index contributed by atoms with van der Waals surface area (Å²) in [5.74, 6) is 0. The number of nitrogens with two attached hydrogens (primary N) is 2. The highest BCUT2D eigenvalue weighted by Crippen LogP contribution is 2.28. The summed E-state index contributed by atoms with van der Waals surface area (Å²) in [5, 5.41) is 0. The van der Waals surface area contributed by atoms with Crippen LogP contribution in [0.2, 0.25) is 0 Å². The third-order valence-corrected chi connectivity index (χ3v) is 8.69. The zero-order valence-electron chi connectivity index (χ0n) is 24.3. The van der Waals surface area contributed by atoms with Crippen molar-refractivity contribution < 1.29 is 33.9 Å². The molecule has 0 spiro atoms. The summed E-state index contributed by atoms with van der Waals surface area (Å²) < 4.78 is 9.52. The summed E-state index contributed by atoms with van der Waals surface area (Å²) in [6.45, 7) is 6.49. The van der Waals surface area contributed by atoms with Crippen LogP contribution in [0.3, 0.4) is 0 Å². The van der Waals surface area contributed by atoms with Crippen molar-refractivity contribution in [2.75, 3.05) is 47.4 Å². The molecule has 2 saturated heterocycles. The molecule has 2 aliphatic rings. The molecule has 42 heavy (non-hydrogen) atoms. The van der Waals surface area contributed by atoms with Crippen molar-refractivity contribution in [3.63, 3.8) is 0 Å². The number of imidazole rings is 2. The monoisotopic (exact) mass is 610 g/mol. The molecule has 0 aliphatic carbocycles. The lowest BCUT2D eigenvalue weighted by Crippen LogP contribution is -3.00. The van der Waals surface area contributed by atoms with Gasteiger partial charge >= 0.3 is 0 Å². The van der Waals surface area contributed by atoms with Gasteiger partial charge in [0.2, 0.25) is 12.7 Å². The van der Waals surface area contributed by atoms with Crippen molar-refractivity contribution in [1.82, 2.24) is 9.13 Å². The summed E-state index contributed by atoms with van der Waals surface area (Å²) in [6.07, 6.45) is 20.9. The summed E-state index contributed by atoms with van der Waals surface area (Å²) in [6, 6.07) is 17.6. The second-order valence-electron chi connectivity index (χ2n) is 11.6. The van der Waals surface area contributed by atoms with E-state index in [1.54, 1.807) is 0 Å². The number of benzene rings is 2. The minimum Gasteiger partial charge on any atom is -1.00 e. The van der Waals surface area contributed by atoms with Crippen molar-refractivity contribution in [1.29, 1.82) is 0 Å². The maximum Gasteiger partial charge on any atom is 0.244 e. The summed E-state index contributed by atoms with van der Waals surface area (Å²) in [4.78, 5) is 4.93. The Bertz CT molecular complexity index is 1260. The van der Waals surface area contributed by atoms with Crippen molar-refractivity contribution in [2.24, 2.45) is 0 Å². The first-order valence-electron chi connectivity index (χ1n) is 14.9. The molecule has 4 N–H and O–H groups in total. The zero-order chi connectivity index (χ0) is 27.3. The van der Waals surface area contributed by atoms with Crippen LogP contribution in [0, 0.1) is 0 Å². The Labute approximate surface area is 262 Å². The number of anilines is 4. The van der Waals surface area contributed by atoms with E-state index in [1.807, 2.05) is 24.3 Å². The molecule has 4 heterocycles. The number of unbranched alkanes of at least 4 members (excludes halogenated alkanes) is 3. The number of aryl methyl sites for hydroxylation is 2. The topological polar surface area (TPSA) is 76.1 Å². The van der Waals surface area contributed by atoms with Gasteiger partial charge in [0.15, 0.2) is 0 Å². The summed E-state index contributed by atoms with van der Waals surface area (Å²) in [5.41, 5.74) is 15.9. The van der Waals surface area contributed by atoms with Gasteiger partial charge in [-0.25, -0.2) is 18.3 Å². The van der Waals surface area contributed by atoms with Gasteiger partial charge in [-0.1, -0.05) is 0 Å². The van der Waals surface area contributed by atoms with Crippen LogP contribution in [-0.2, 0) is 13.1 Å². The SMILES string of the molecule is Nc1ccc(N2CCC(n3cc[n+](CCCCCC[n+]4ccn(C5CCN(c6ccc(N)cc6)C5)c4)c3)C2)cc1.[Cl-].[Cl-]. The van der Waals surface area contributed by atoms with Crippen molar-refractivity contribution in [2.45, 2.75) is 63.7 Å². The molecular formula is C32H44Cl2N8. The minimum absolute atomic E-state index is 0. The quantitative estimate of drug-likeness (QED) is 0.119. The van der Waals surface area contributed by atoms with Crippen LogP contribution < -0.4 is 55.2 Å². The molecule has 4 aromatic rings. The van der Waals surface area contributed by atoms with Gasteiger partial charge in [-0.05, 0) is 74.2 Å². The Hall–Kier alpha value is -3.36. The van der Waals surface area contributed by atoms with Crippen LogP contribution in [0.1, 0.15) is 50.6 Å². The van der Waals surface area contributed by atoms with E-state index >= 15 is 0 Å². The van der Waals surface area contributed by atoms with Gasteiger partial charge in [-0.15, -0.1) is 0 Å². The normalized spacial score (nSPS) is 18.2. The van der Waals surface area contributed by atoms with Crippen LogP contribution >= 0.6 is 0 Å². The number of aromatic nitrogens is 4. The van der Waals surface area contributed by atoms with E-state index < -0.39 is 0 Å². The lowest BCUT2D eigenvalue weighted by Gasteiger charge is -2.17. The molecular weight excluding hydrogens is 567 g/mol. The minimum atomic E-state index is 0. The predicted molar refractivity (Wildman–Crippen MR) is 161 cm³/mol. The standard InChI is InChI=1S/C32H44N8.2ClH/c33-27-5-9-29(10-6-27)37-17-13-31(23-37)39-21-19-35(25-39)15-3-1-2-4-16-36-20-22-40(26-36)32-14-18-38(24-32)30-11-7-28(34)8-12-30;;/h5-12,19-22,25-26,31-32H,1-4,13-18,23-24,33-34H2;2*1H/q+2;;/p-2. The maximum atomic E-state index is 5.85. The molecule has 8 nitrogen and oxygen atoms in total. The fourth-order valence-electron chi connectivity index (χ4n) is 6.27. The fraction of sp³-hybridized carbons (Fsp3) is 0.438. The van der Waals surface area contributed by atoms with Crippen molar-refractivity contribution in [3.05, 3.63) is 86.0 Å². The second-order valence-corrected chi connectivity index (χ2v) is 11.6. The third-order valence-electron chi connectivity index (χ3n) is 8.69. The van der Waals surface area contributed by atoms with Gasteiger partial charge in [-0.3, -0.25) is 0 Å². The predicted octanol–water partition coefficient (Wildman–Crippen LogP) is -1.80. The molecule has 2 unspecified atom stereocenters. The largest absolute Gasteiger partial charge is 1.00 e. The Kier molecular flexibility index (Phi) is 11.0. The zero-order valence-corrected chi connectivity index (χ0v) is 25.8. The van der Waals surface area contributed by atoms with E-state index in [4.69, 9.17) is 11.5 Å². The van der Waals surface area contributed by atoms with Gasteiger partial charge in [0.1, 0.15) is 36.9 Å². The number of hydrogen-bond donors (Lipinski definition) is 2. The Morgan fingerprint density at radius 2 is 1.00 bits per heavy atom. The first-order chi connectivity index (χ1) is 19.6. The third kappa shape index (κ3) is 7.72. The molecule has 226 valence electrons. The average molecular weight is 612 g/mol. The van der Waals surface area contributed by atoms with Crippen LogP contribution in [0.25, 0.3) is 0 Å². The maximum absolute atomic E-state index is 5.85. The van der Waals surface area contributed by atoms with Gasteiger partial charge in [0.25, 0.3) is 0 Å². The van der Waals surface area contributed by atoms with Crippen LogP contribution in [-0.4, -0.2) is 35.3 Å². The molecule has 2 aromatic heterocycles. The van der Waals surface area contributed by atoms with Crippen LogP contribution in [0.15, 0.2) is 86.0 Å². The average Bonchev–Trinajstić information content (AvgIpc) is 3.78. The van der Waals surface area contributed by atoms with Gasteiger partial charge in [0.05, 0.1) is 26.2 Å². The van der Waals surface area contributed by atoms with Crippen molar-refractivity contribution >= 4 is 22.7 Å². The van der Waals surface area contributed by atoms with Gasteiger partial charge < -0.3 is 46.1 Å². The summed E-state index contributed by atoms with van der Waals surface area (Å²) >= 11 is 0. The number of rotatable bonds is 11. The fourth-order valence-corrected chi connectivity index (χ4v) is 6.27. The Balaban J connectivity index is 0.00000202.